The molecular formula is C21H22O11. The molecule has 2 aliphatic heterocycles. The molecule has 11 nitrogen and oxygen atoms in total. The van der Waals surface area contributed by atoms with Crippen molar-refractivity contribution in [2.75, 3.05) is 7.11 Å². The van der Waals surface area contributed by atoms with Gasteiger partial charge in [-0.05, 0) is 29.8 Å². The third-order valence-electron chi connectivity index (χ3n) is 5.40. The topological polar surface area (TPSA) is 175 Å². The number of ketones is 1. The maximum atomic E-state index is 12.6. The molecule has 0 spiro atoms. The zero-order chi connectivity index (χ0) is 23.2. The van der Waals surface area contributed by atoms with Crippen LogP contribution in [0.5, 0.6) is 28.7 Å². The lowest BCUT2D eigenvalue weighted by atomic mass is 9.95. The number of phenols is 3. The van der Waals surface area contributed by atoms with Crippen molar-refractivity contribution in [3.63, 3.8) is 0 Å². The molecule has 0 amide bonds. The number of carbonyl (C=O) groups is 1. The van der Waals surface area contributed by atoms with Crippen LogP contribution in [0.1, 0.15) is 28.4 Å². The van der Waals surface area contributed by atoms with Crippen molar-refractivity contribution >= 4 is 5.78 Å². The Hall–Kier alpha value is -3.09. The number of aromatic hydroxyl groups is 3. The smallest absolute Gasteiger partial charge is 0.231 e. The molecule has 0 aliphatic carbocycles. The van der Waals surface area contributed by atoms with Gasteiger partial charge in [0.2, 0.25) is 12.0 Å². The molecule has 2 aromatic rings. The summed E-state index contributed by atoms with van der Waals surface area (Å²) in [7, 11) is 1.23. The summed E-state index contributed by atoms with van der Waals surface area (Å²) in [4.78, 5) is 12.6. The number of fused-ring (bicyclic) bond motifs is 1. The first-order chi connectivity index (χ1) is 15.2. The van der Waals surface area contributed by atoms with E-state index in [0.717, 1.165) is 0 Å². The first kappa shape index (κ1) is 22.1. The highest BCUT2D eigenvalue weighted by molar-refractivity contribution is 6.01. The average Bonchev–Trinajstić information content (AvgIpc) is 2.77. The predicted octanol–water partition coefficient (Wildman–Crippen LogP) is 0.300. The minimum atomic E-state index is -1.66. The fourth-order valence-corrected chi connectivity index (χ4v) is 3.61. The van der Waals surface area contributed by atoms with Gasteiger partial charge in [-0.2, -0.15) is 0 Å². The number of phenolic OH excluding ortho intramolecular Hbond substituents is 3. The number of Topliss-reactive ketones (excluding diaryl/α,β-unsaturated/α-hetero) is 1. The van der Waals surface area contributed by atoms with Crippen LogP contribution >= 0.6 is 0 Å². The van der Waals surface area contributed by atoms with E-state index in [-0.39, 0.29) is 40.8 Å². The van der Waals surface area contributed by atoms with E-state index in [2.05, 4.69) is 0 Å². The first-order valence-corrected chi connectivity index (χ1v) is 9.68. The molecule has 0 bridgehead atoms. The van der Waals surface area contributed by atoms with E-state index in [9.17, 15) is 35.4 Å². The Bertz CT molecular complexity index is 1020. The summed E-state index contributed by atoms with van der Waals surface area (Å²) in [5.41, 5.74) is 0.501. The quantitative estimate of drug-likeness (QED) is 0.353. The summed E-state index contributed by atoms with van der Waals surface area (Å²) in [6, 6.07) is 6.61. The van der Waals surface area contributed by atoms with Crippen LogP contribution in [0.15, 0.2) is 30.3 Å². The van der Waals surface area contributed by atoms with Crippen LogP contribution in [-0.2, 0) is 9.47 Å². The Morgan fingerprint density at radius 3 is 2.34 bits per heavy atom. The molecule has 1 saturated heterocycles. The van der Waals surface area contributed by atoms with Crippen molar-refractivity contribution in [1.82, 2.24) is 0 Å². The van der Waals surface area contributed by atoms with E-state index in [4.69, 9.17) is 18.9 Å². The standard InChI is InChI=1S/C21H22O11/c1-29-20-17(27)16(26)18(28)21(32-20)31-13-5-3-9-11(23)7-14(30-19(9)15(13)25)8-2-4-10(22)12(24)6-8/h2-6,14,16-18,20-22,24-28H,7H2,1H3. The second kappa shape index (κ2) is 8.45. The molecule has 6 N–H and O–H groups in total. The molecule has 2 heterocycles. The molecule has 4 rings (SSSR count). The van der Waals surface area contributed by atoms with Crippen LogP contribution in [0.2, 0.25) is 0 Å². The molecule has 0 aromatic heterocycles. The molecule has 2 aromatic carbocycles. The van der Waals surface area contributed by atoms with Crippen LogP contribution in [-0.4, -0.2) is 74.4 Å². The summed E-state index contributed by atoms with van der Waals surface area (Å²) in [6.45, 7) is 0. The normalized spacial score (nSPS) is 29.8. The van der Waals surface area contributed by atoms with Crippen molar-refractivity contribution < 1.29 is 54.4 Å². The maximum Gasteiger partial charge on any atom is 0.231 e. The summed E-state index contributed by atoms with van der Waals surface area (Å²) >= 11 is 0. The van der Waals surface area contributed by atoms with Crippen LogP contribution in [0, 0.1) is 0 Å². The van der Waals surface area contributed by atoms with Gasteiger partial charge in [-0.25, -0.2) is 0 Å². The number of benzene rings is 2. The lowest BCUT2D eigenvalue weighted by Crippen LogP contribution is -2.59. The molecule has 1 fully saturated rings. The summed E-state index contributed by atoms with van der Waals surface area (Å²) in [6.07, 6.45) is -8.54. The highest BCUT2D eigenvalue weighted by atomic mass is 16.8. The van der Waals surface area contributed by atoms with Gasteiger partial charge in [-0.3, -0.25) is 4.79 Å². The molecule has 172 valence electrons. The largest absolute Gasteiger partial charge is 0.504 e. The Kier molecular flexibility index (Phi) is 5.84. The number of ether oxygens (including phenoxy) is 4. The van der Waals surface area contributed by atoms with Crippen molar-refractivity contribution in [3.05, 3.63) is 41.5 Å². The molecule has 6 unspecified atom stereocenters. The molecule has 32 heavy (non-hydrogen) atoms. The Morgan fingerprint density at radius 2 is 1.66 bits per heavy atom. The van der Waals surface area contributed by atoms with E-state index < -0.39 is 42.7 Å². The summed E-state index contributed by atoms with van der Waals surface area (Å²) in [5.74, 6) is -1.99. The van der Waals surface area contributed by atoms with E-state index in [1.165, 1.54) is 37.4 Å². The Labute approximate surface area is 181 Å². The molecule has 6 atom stereocenters. The average molecular weight is 450 g/mol. The number of aliphatic hydroxyl groups excluding tert-OH is 3. The summed E-state index contributed by atoms with van der Waals surface area (Å²) < 4.78 is 21.5. The summed E-state index contributed by atoms with van der Waals surface area (Å²) in [5, 5.41) is 59.9. The van der Waals surface area contributed by atoms with Gasteiger partial charge in [0.25, 0.3) is 0 Å². The molecule has 0 radical (unpaired) electrons. The van der Waals surface area contributed by atoms with Crippen molar-refractivity contribution in [2.45, 2.75) is 43.4 Å². The fraction of sp³-hybridized carbons (Fsp3) is 0.381. The van der Waals surface area contributed by atoms with Crippen LogP contribution in [0.25, 0.3) is 0 Å². The Balaban J connectivity index is 1.61. The fourth-order valence-electron chi connectivity index (χ4n) is 3.61. The van der Waals surface area contributed by atoms with Gasteiger partial charge in [-0.1, -0.05) is 6.07 Å². The van der Waals surface area contributed by atoms with Gasteiger partial charge in [0.15, 0.2) is 35.1 Å². The minimum absolute atomic E-state index is 0.0685. The van der Waals surface area contributed by atoms with Gasteiger partial charge in [0.05, 0.1) is 12.0 Å². The van der Waals surface area contributed by atoms with E-state index >= 15 is 0 Å². The maximum absolute atomic E-state index is 12.6. The van der Waals surface area contributed by atoms with Gasteiger partial charge in [-0.15, -0.1) is 0 Å². The van der Waals surface area contributed by atoms with Gasteiger partial charge < -0.3 is 49.6 Å². The minimum Gasteiger partial charge on any atom is -0.504 e. The molecule has 11 heteroatoms. The highest BCUT2D eigenvalue weighted by Gasteiger charge is 2.45. The second-order valence-electron chi connectivity index (χ2n) is 7.47. The number of hydrogen-bond donors (Lipinski definition) is 6. The van der Waals surface area contributed by atoms with Crippen LogP contribution < -0.4 is 9.47 Å². The monoisotopic (exact) mass is 450 g/mol. The van der Waals surface area contributed by atoms with Crippen molar-refractivity contribution in [1.29, 1.82) is 0 Å². The number of aliphatic hydroxyl groups is 3. The molecule has 2 aliphatic rings. The third-order valence-corrected chi connectivity index (χ3v) is 5.40. The first-order valence-electron chi connectivity index (χ1n) is 9.68. The van der Waals surface area contributed by atoms with E-state index in [1.54, 1.807) is 0 Å². The van der Waals surface area contributed by atoms with E-state index in [0.29, 0.717) is 5.56 Å². The lowest BCUT2D eigenvalue weighted by Gasteiger charge is -2.39. The number of carbonyl (C=O) groups excluding carboxylic acids is 1. The van der Waals surface area contributed by atoms with E-state index in [1.807, 2.05) is 0 Å². The molecule has 0 saturated carbocycles. The zero-order valence-electron chi connectivity index (χ0n) is 16.8. The second-order valence-corrected chi connectivity index (χ2v) is 7.47. The van der Waals surface area contributed by atoms with Crippen LogP contribution in [0.3, 0.4) is 0 Å². The zero-order valence-corrected chi connectivity index (χ0v) is 16.8. The highest BCUT2D eigenvalue weighted by Crippen LogP contribution is 2.46. The Morgan fingerprint density at radius 1 is 0.938 bits per heavy atom. The van der Waals surface area contributed by atoms with Gasteiger partial charge in [0, 0.05) is 7.11 Å². The van der Waals surface area contributed by atoms with Gasteiger partial charge >= 0.3 is 0 Å². The van der Waals surface area contributed by atoms with Crippen LogP contribution in [0.4, 0.5) is 0 Å². The number of hydrogen-bond acceptors (Lipinski definition) is 11. The van der Waals surface area contributed by atoms with Crippen molar-refractivity contribution in [3.8, 4) is 28.7 Å². The predicted molar refractivity (Wildman–Crippen MR) is 105 cm³/mol. The lowest BCUT2D eigenvalue weighted by molar-refractivity contribution is -0.327. The van der Waals surface area contributed by atoms with Crippen molar-refractivity contribution in [2.24, 2.45) is 0 Å². The third kappa shape index (κ3) is 3.80. The number of methoxy groups -OCH3 is 1. The molecular weight excluding hydrogens is 428 g/mol. The SMILES string of the molecule is COC1OC(Oc2ccc3c(c2O)OC(c2ccc(O)c(O)c2)CC3=O)C(O)C(O)C1O. The van der Waals surface area contributed by atoms with Gasteiger partial charge in [0.1, 0.15) is 24.4 Å². The number of rotatable bonds is 4.